The molecule has 1 aliphatic rings. The van der Waals surface area contributed by atoms with E-state index >= 15 is 0 Å². The fourth-order valence-corrected chi connectivity index (χ4v) is 8.83. The van der Waals surface area contributed by atoms with Crippen LogP contribution in [0.4, 0.5) is 0 Å². The van der Waals surface area contributed by atoms with Crippen LogP contribution in [0.25, 0.3) is 0 Å². The van der Waals surface area contributed by atoms with E-state index in [1.165, 1.54) is 5.56 Å². The summed E-state index contributed by atoms with van der Waals surface area (Å²) in [7, 11) is 7.11. The van der Waals surface area contributed by atoms with Crippen molar-refractivity contribution in [2.45, 2.75) is 148 Å². The molecule has 11 heteroatoms. The van der Waals surface area contributed by atoms with Crippen molar-refractivity contribution in [2.24, 2.45) is 17.8 Å². The number of hydrogen-bond acceptors (Lipinski definition) is 7. The lowest BCUT2D eigenvalue weighted by molar-refractivity contribution is -0.146. The van der Waals surface area contributed by atoms with E-state index in [0.717, 1.165) is 25.7 Å². The first-order valence-electron chi connectivity index (χ1n) is 19.4. The molecule has 0 bridgehead atoms. The molecule has 1 heterocycles. The molecular formula is C41H71N5O5S. The maximum Gasteiger partial charge on any atom is 0.245 e. The molecule has 1 aromatic rings. The van der Waals surface area contributed by atoms with Crippen LogP contribution in [0, 0.1) is 17.8 Å². The number of amides is 4. The molecule has 0 saturated carbocycles. The highest BCUT2D eigenvalue weighted by Gasteiger charge is 2.40. The summed E-state index contributed by atoms with van der Waals surface area (Å²) in [5.41, 5.74) is 1.18. The second kappa shape index (κ2) is 21.3. The molecule has 296 valence electrons. The Bertz CT molecular complexity index is 1260. The molecule has 52 heavy (non-hydrogen) atoms. The predicted octanol–water partition coefficient (Wildman–Crippen LogP) is 5.98. The standard InChI is InChI=1S/C41H71N5O5S/c1-14-29(6)38(45(12)40(50)36(27(2)3)43-39(49)37(28(4)5)44(10)11)32(51-13)26-35(48)46-24-18-21-31(46)22-23-33(47)42-34(52-41(7,8)9)25-30-19-16-15-17-20-30/h15-17,19-20,27-29,31-32,34,36-38H,14,18,21-26H2,1-13H3,(H,42,47)(H,43,49). The second-order valence-corrected chi connectivity index (χ2v) is 18.6. The molecular weight excluding hydrogens is 675 g/mol. The number of methoxy groups -OCH3 is 1. The normalized spacial score (nSPS) is 18.5. The first kappa shape index (κ1) is 45.5. The topological polar surface area (TPSA) is 111 Å². The molecule has 2 rings (SSSR count). The van der Waals surface area contributed by atoms with Crippen LogP contribution in [0.3, 0.4) is 0 Å². The molecule has 4 amide bonds. The third-order valence-corrected chi connectivity index (χ3v) is 11.5. The summed E-state index contributed by atoms with van der Waals surface area (Å²) in [4.78, 5) is 60.3. The Balaban J connectivity index is 2.15. The maximum absolute atomic E-state index is 14.2. The van der Waals surface area contributed by atoms with Gasteiger partial charge in [0.25, 0.3) is 0 Å². The molecule has 7 atom stereocenters. The van der Waals surface area contributed by atoms with Gasteiger partial charge in [-0.05, 0) is 56.7 Å². The van der Waals surface area contributed by atoms with Crippen molar-refractivity contribution >= 4 is 35.4 Å². The van der Waals surface area contributed by atoms with Gasteiger partial charge in [0, 0.05) is 44.3 Å². The van der Waals surface area contributed by atoms with Crippen molar-refractivity contribution < 1.29 is 23.9 Å². The number of carbonyl (C=O) groups excluding carboxylic acids is 4. The van der Waals surface area contributed by atoms with Gasteiger partial charge in [0.2, 0.25) is 23.6 Å². The molecule has 0 spiro atoms. The van der Waals surface area contributed by atoms with Crippen molar-refractivity contribution in [3.8, 4) is 0 Å². The van der Waals surface area contributed by atoms with Crippen molar-refractivity contribution in [1.29, 1.82) is 0 Å². The molecule has 1 fully saturated rings. The van der Waals surface area contributed by atoms with Crippen LogP contribution in [-0.4, -0.2) is 114 Å². The highest BCUT2D eigenvalue weighted by molar-refractivity contribution is 8.01. The summed E-state index contributed by atoms with van der Waals surface area (Å²) in [5.74, 6) is -0.419. The zero-order valence-corrected chi connectivity index (χ0v) is 35.3. The van der Waals surface area contributed by atoms with Crippen LogP contribution in [-0.2, 0) is 30.3 Å². The van der Waals surface area contributed by atoms with Gasteiger partial charge in [0.15, 0.2) is 0 Å². The summed E-state index contributed by atoms with van der Waals surface area (Å²) < 4.78 is 6.01. The van der Waals surface area contributed by atoms with Crippen molar-refractivity contribution in [1.82, 2.24) is 25.3 Å². The van der Waals surface area contributed by atoms with Gasteiger partial charge < -0.3 is 25.2 Å². The molecule has 1 aliphatic heterocycles. The Hall–Kier alpha value is -2.63. The Labute approximate surface area is 319 Å². The number of benzene rings is 1. The minimum Gasteiger partial charge on any atom is -0.379 e. The highest BCUT2D eigenvalue weighted by Crippen LogP contribution is 2.30. The van der Waals surface area contributed by atoms with Crippen LogP contribution in [0.15, 0.2) is 30.3 Å². The minimum absolute atomic E-state index is 0.000754. The number of likely N-dealkylation sites (N-methyl/N-ethyl adjacent to an activating group) is 2. The van der Waals surface area contributed by atoms with E-state index in [1.54, 1.807) is 30.8 Å². The summed E-state index contributed by atoms with van der Waals surface area (Å²) in [6.45, 7) is 19.1. The number of rotatable bonds is 20. The van der Waals surface area contributed by atoms with E-state index < -0.39 is 12.1 Å². The van der Waals surface area contributed by atoms with Crippen molar-refractivity contribution in [3.05, 3.63) is 35.9 Å². The van der Waals surface area contributed by atoms with E-state index in [1.807, 2.05) is 69.8 Å². The molecule has 1 saturated heterocycles. The quantitative estimate of drug-likeness (QED) is 0.158. The maximum atomic E-state index is 14.2. The first-order valence-corrected chi connectivity index (χ1v) is 20.3. The zero-order chi connectivity index (χ0) is 39.3. The van der Waals surface area contributed by atoms with Crippen molar-refractivity contribution in [2.75, 3.05) is 34.8 Å². The van der Waals surface area contributed by atoms with Crippen LogP contribution >= 0.6 is 11.8 Å². The minimum atomic E-state index is -0.721. The van der Waals surface area contributed by atoms with Crippen LogP contribution in [0.1, 0.15) is 106 Å². The van der Waals surface area contributed by atoms with Gasteiger partial charge in [-0.15, -0.1) is 11.8 Å². The Morgan fingerprint density at radius 3 is 2.13 bits per heavy atom. The van der Waals surface area contributed by atoms with E-state index in [2.05, 4.69) is 57.4 Å². The number of likely N-dealkylation sites (tertiary alicyclic amines) is 1. The fraction of sp³-hybridized carbons (Fsp3) is 0.756. The number of carbonyl (C=O) groups is 4. The molecule has 1 aromatic carbocycles. The average molecular weight is 746 g/mol. The second-order valence-electron chi connectivity index (χ2n) is 16.6. The SMILES string of the molecule is CCC(C)C(C(CC(=O)N1CCCC1CCC(=O)NC(Cc1ccccc1)SC(C)(C)C)OC)N(C)C(=O)C(NC(=O)C(C(C)C)N(C)C)C(C)C. The summed E-state index contributed by atoms with van der Waals surface area (Å²) in [6.07, 6.45) is 3.80. The molecule has 0 aromatic heterocycles. The highest BCUT2D eigenvalue weighted by atomic mass is 32.2. The smallest absolute Gasteiger partial charge is 0.245 e. The molecule has 0 radical (unpaired) electrons. The first-order chi connectivity index (χ1) is 24.3. The fourth-order valence-electron chi connectivity index (χ4n) is 7.51. The van der Waals surface area contributed by atoms with Gasteiger partial charge in [-0.1, -0.05) is 99.1 Å². The number of ether oxygens (including phenoxy) is 1. The number of hydrogen-bond donors (Lipinski definition) is 2. The van der Waals surface area contributed by atoms with Gasteiger partial charge in [0.1, 0.15) is 6.04 Å². The lowest BCUT2D eigenvalue weighted by Crippen LogP contribution is -2.59. The van der Waals surface area contributed by atoms with Gasteiger partial charge in [-0.3, -0.25) is 24.1 Å². The Morgan fingerprint density at radius 1 is 0.981 bits per heavy atom. The van der Waals surface area contributed by atoms with E-state index in [-0.39, 0.29) is 76.0 Å². The van der Waals surface area contributed by atoms with E-state index in [0.29, 0.717) is 19.4 Å². The van der Waals surface area contributed by atoms with E-state index in [9.17, 15) is 19.2 Å². The lowest BCUT2D eigenvalue weighted by atomic mass is 9.89. The van der Waals surface area contributed by atoms with Crippen LogP contribution in [0.5, 0.6) is 0 Å². The summed E-state index contributed by atoms with van der Waals surface area (Å²) >= 11 is 1.76. The largest absolute Gasteiger partial charge is 0.379 e. The van der Waals surface area contributed by atoms with Gasteiger partial charge in [0.05, 0.1) is 30.0 Å². The van der Waals surface area contributed by atoms with E-state index in [4.69, 9.17) is 4.74 Å². The third-order valence-electron chi connectivity index (χ3n) is 10.3. The van der Waals surface area contributed by atoms with Crippen molar-refractivity contribution in [3.63, 3.8) is 0 Å². The summed E-state index contributed by atoms with van der Waals surface area (Å²) in [6, 6.07) is 8.73. The lowest BCUT2D eigenvalue weighted by Gasteiger charge is -2.40. The van der Waals surface area contributed by atoms with Crippen LogP contribution in [0.2, 0.25) is 0 Å². The predicted molar refractivity (Wildman–Crippen MR) is 214 cm³/mol. The van der Waals surface area contributed by atoms with Gasteiger partial charge in [-0.25, -0.2) is 0 Å². The molecule has 2 N–H and O–H groups in total. The number of nitrogens with one attached hydrogen (secondary N) is 2. The molecule has 0 aliphatic carbocycles. The van der Waals surface area contributed by atoms with Gasteiger partial charge >= 0.3 is 0 Å². The molecule has 10 nitrogen and oxygen atoms in total. The monoisotopic (exact) mass is 746 g/mol. The number of nitrogens with zero attached hydrogens (tertiary/aromatic N) is 3. The zero-order valence-electron chi connectivity index (χ0n) is 34.5. The van der Waals surface area contributed by atoms with Crippen LogP contribution < -0.4 is 10.6 Å². The Kier molecular flexibility index (Phi) is 18.7. The number of thioether (sulfide) groups is 1. The Morgan fingerprint density at radius 2 is 1.62 bits per heavy atom. The summed E-state index contributed by atoms with van der Waals surface area (Å²) in [5, 5.41) is 6.27. The average Bonchev–Trinajstić information content (AvgIpc) is 3.53. The third kappa shape index (κ3) is 14.0. The molecule has 7 unspecified atom stereocenters. The van der Waals surface area contributed by atoms with Gasteiger partial charge in [-0.2, -0.15) is 0 Å².